The molecule has 0 saturated carbocycles. The number of amides is 1. The summed E-state index contributed by atoms with van der Waals surface area (Å²) in [6.07, 6.45) is 0. The molecule has 142 valence electrons. The number of carbonyl (C=O) groups is 1. The molecule has 0 aliphatic rings. The first-order valence-electron chi connectivity index (χ1n) is 8.64. The van der Waals surface area contributed by atoms with Crippen molar-refractivity contribution >= 4 is 17.2 Å². The van der Waals surface area contributed by atoms with E-state index in [1.54, 1.807) is 14.2 Å². The van der Waals surface area contributed by atoms with Crippen LogP contribution in [-0.2, 0) is 0 Å². The van der Waals surface area contributed by atoms with Gasteiger partial charge in [0.2, 0.25) is 0 Å². The average Bonchev–Trinajstić information content (AvgIpc) is 3.13. The van der Waals surface area contributed by atoms with Crippen molar-refractivity contribution in [1.29, 1.82) is 0 Å². The van der Waals surface area contributed by atoms with E-state index in [9.17, 15) is 4.79 Å². The Morgan fingerprint density at radius 1 is 1.11 bits per heavy atom. The molecule has 1 amide bonds. The first-order chi connectivity index (χ1) is 13.6. The van der Waals surface area contributed by atoms with E-state index in [1.165, 1.54) is 11.3 Å². The molecule has 0 spiro atoms. The zero-order valence-corrected chi connectivity index (χ0v) is 16.7. The quantitative estimate of drug-likeness (QED) is 0.669. The fourth-order valence-corrected chi connectivity index (χ4v) is 3.55. The maximum absolute atomic E-state index is 12.5. The number of hydrogen-bond acceptors (Lipinski definition) is 5. The van der Waals surface area contributed by atoms with Gasteiger partial charge in [0, 0.05) is 11.1 Å². The summed E-state index contributed by atoms with van der Waals surface area (Å²) in [5.41, 5.74) is 2.47. The summed E-state index contributed by atoms with van der Waals surface area (Å²) in [4.78, 5) is 17.6. The van der Waals surface area contributed by atoms with E-state index in [0.717, 1.165) is 16.1 Å². The molecule has 3 rings (SSSR count). The molecule has 3 aromatic rings. The van der Waals surface area contributed by atoms with Crippen molar-refractivity contribution in [1.82, 2.24) is 10.3 Å². The van der Waals surface area contributed by atoms with Gasteiger partial charge in [0.15, 0.2) is 11.5 Å². The third kappa shape index (κ3) is 4.51. The number of aromatic nitrogens is 1. The van der Waals surface area contributed by atoms with E-state index >= 15 is 0 Å². The van der Waals surface area contributed by atoms with Crippen LogP contribution in [0.3, 0.4) is 0 Å². The summed E-state index contributed by atoms with van der Waals surface area (Å²) in [7, 11) is 3.18. The lowest BCUT2D eigenvalue weighted by Gasteiger charge is -2.08. The van der Waals surface area contributed by atoms with Crippen molar-refractivity contribution in [2.45, 2.75) is 6.92 Å². The highest BCUT2D eigenvalue weighted by atomic mass is 32.1. The van der Waals surface area contributed by atoms with Gasteiger partial charge in [0.25, 0.3) is 5.91 Å². The molecule has 0 fully saturated rings. The van der Waals surface area contributed by atoms with Gasteiger partial charge in [0.1, 0.15) is 9.88 Å². The minimum atomic E-state index is -0.177. The van der Waals surface area contributed by atoms with Crippen molar-refractivity contribution in [2.75, 3.05) is 20.8 Å². The second-order valence-corrected chi connectivity index (χ2v) is 6.85. The van der Waals surface area contributed by atoms with Crippen molar-refractivity contribution in [3.8, 4) is 33.9 Å². The topological polar surface area (TPSA) is 60.5 Å². The first kappa shape index (κ1) is 19.5. The Hall–Kier alpha value is -3.30. The Morgan fingerprint density at radius 3 is 2.57 bits per heavy atom. The van der Waals surface area contributed by atoms with Crippen LogP contribution < -0.4 is 14.8 Å². The van der Waals surface area contributed by atoms with Crippen LogP contribution >= 0.6 is 11.3 Å². The molecule has 0 bridgehead atoms. The monoisotopic (exact) mass is 392 g/mol. The van der Waals surface area contributed by atoms with Gasteiger partial charge in [-0.15, -0.1) is 11.3 Å². The maximum atomic E-state index is 12.5. The van der Waals surface area contributed by atoms with Crippen LogP contribution in [0.15, 0.2) is 48.5 Å². The molecular weight excluding hydrogens is 372 g/mol. The molecule has 28 heavy (non-hydrogen) atoms. The van der Waals surface area contributed by atoms with Gasteiger partial charge in [-0.25, -0.2) is 4.98 Å². The van der Waals surface area contributed by atoms with Crippen LogP contribution in [0.4, 0.5) is 0 Å². The molecule has 0 aliphatic heterocycles. The summed E-state index contributed by atoms with van der Waals surface area (Å²) in [5, 5.41) is 3.58. The maximum Gasteiger partial charge on any atom is 0.264 e. The molecule has 1 N–H and O–H groups in total. The summed E-state index contributed by atoms with van der Waals surface area (Å²) in [6, 6.07) is 15.2. The molecule has 0 radical (unpaired) electrons. The molecule has 0 unspecified atom stereocenters. The third-order valence-corrected chi connectivity index (χ3v) is 5.18. The van der Waals surface area contributed by atoms with Gasteiger partial charge >= 0.3 is 0 Å². The van der Waals surface area contributed by atoms with Gasteiger partial charge in [-0.3, -0.25) is 4.79 Å². The molecule has 5 nitrogen and oxygen atoms in total. The number of rotatable bonds is 5. The Kier molecular flexibility index (Phi) is 6.30. The van der Waals surface area contributed by atoms with Crippen LogP contribution in [-0.4, -0.2) is 31.7 Å². The van der Waals surface area contributed by atoms with E-state index in [1.807, 2.05) is 55.5 Å². The normalized spacial score (nSPS) is 9.96. The fourth-order valence-electron chi connectivity index (χ4n) is 2.57. The van der Waals surface area contributed by atoms with Gasteiger partial charge in [-0.05, 0) is 37.3 Å². The summed E-state index contributed by atoms with van der Waals surface area (Å²) >= 11 is 1.34. The molecule has 2 aromatic carbocycles. The predicted octanol–water partition coefficient (Wildman–Crippen LogP) is 3.92. The van der Waals surface area contributed by atoms with E-state index in [0.29, 0.717) is 22.1 Å². The van der Waals surface area contributed by atoms with Gasteiger partial charge in [-0.2, -0.15) is 0 Å². The number of ether oxygens (including phenoxy) is 2. The third-order valence-electron chi connectivity index (χ3n) is 3.98. The molecule has 0 atom stereocenters. The summed E-state index contributed by atoms with van der Waals surface area (Å²) < 4.78 is 10.6. The van der Waals surface area contributed by atoms with Crippen LogP contribution in [0.1, 0.15) is 20.9 Å². The second-order valence-electron chi connectivity index (χ2n) is 5.85. The SMILES string of the molecule is COc1ccc(-c2nc(C)c(C(=O)NCC#Cc3ccccc3)s2)cc1OC. The zero-order chi connectivity index (χ0) is 19.9. The molecule has 0 saturated heterocycles. The lowest BCUT2D eigenvalue weighted by molar-refractivity contribution is 0.0962. The fraction of sp³-hybridized carbons (Fsp3) is 0.182. The standard InChI is InChI=1S/C22H20N2O3S/c1-15-20(21(25)23-13-7-10-16-8-5-4-6-9-16)28-22(24-15)17-11-12-18(26-2)19(14-17)27-3/h4-6,8-9,11-12,14H,13H2,1-3H3,(H,23,25). The van der Waals surface area contributed by atoms with E-state index in [2.05, 4.69) is 22.1 Å². The number of nitrogens with one attached hydrogen (secondary N) is 1. The molecular formula is C22H20N2O3S. The van der Waals surface area contributed by atoms with Gasteiger partial charge in [-0.1, -0.05) is 30.0 Å². The zero-order valence-electron chi connectivity index (χ0n) is 15.9. The van der Waals surface area contributed by atoms with Gasteiger partial charge in [0.05, 0.1) is 26.5 Å². The van der Waals surface area contributed by atoms with Crippen LogP contribution in [0.5, 0.6) is 11.5 Å². The van der Waals surface area contributed by atoms with Crippen molar-refractivity contribution < 1.29 is 14.3 Å². The van der Waals surface area contributed by atoms with Crippen LogP contribution in [0.25, 0.3) is 10.6 Å². The van der Waals surface area contributed by atoms with E-state index in [4.69, 9.17) is 9.47 Å². The smallest absolute Gasteiger partial charge is 0.264 e. The minimum Gasteiger partial charge on any atom is -0.493 e. The number of thiazole rings is 1. The molecule has 1 heterocycles. The number of methoxy groups -OCH3 is 2. The summed E-state index contributed by atoms with van der Waals surface area (Å²) in [6.45, 7) is 2.10. The Labute approximate surface area is 168 Å². The number of nitrogens with zero attached hydrogens (tertiary/aromatic N) is 1. The van der Waals surface area contributed by atoms with Crippen molar-refractivity contribution in [3.05, 3.63) is 64.7 Å². The first-order valence-corrected chi connectivity index (χ1v) is 9.46. The van der Waals surface area contributed by atoms with Crippen molar-refractivity contribution in [2.24, 2.45) is 0 Å². The van der Waals surface area contributed by atoms with Gasteiger partial charge < -0.3 is 14.8 Å². The predicted molar refractivity (Wildman–Crippen MR) is 111 cm³/mol. The minimum absolute atomic E-state index is 0.177. The Morgan fingerprint density at radius 2 is 1.86 bits per heavy atom. The van der Waals surface area contributed by atoms with Crippen LogP contribution in [0, 0.1) is 18.8 Å². The number of benzene rings is 2. The summed E-state index contributed by atoms with van der Waals surface area (Å²) in [5.74, 6) is 7.07. The highest BCUT2D eigenvalue weighted by molar-refractivity contribution is 7.17. The van der Waals surface area contributed by atoms with Crippen molar-refractivity contribution in [3.63, 3.8) is 0 Å². The van der Waals surface area contributed by atoms with E-state index in [-0.39, 0.29) is 12.5 Å². The molecule has 6 heteroatoms. The number of aryl methyl sites for hydroxylation is 1. The average molecular weight is 392 g/mol. The van der Waals surface area contributed by atoms with Crippen LogP contribution in [0.2, 0.25) is 0 Å². The molecule has 1 aromatic heterocycles. The lowest BCUT2D eigenvalue weighted by atomic mass is 10.2. The molecule has 0 aliphatic carbocycles. The lowest BCUT2D eigenvalue weighted by Crippen LogP contribution is -2.23. The Balaban J connectivity index is 1.71. The number of carbonyl (C=O) groups excluding carboxylic acids is 1. The highest BCUT2D eigenvalue weighted by Crippen LogP contribution is 2.34. The number of hydrogen-bond donors (Lipinski definition) is 1. The second kappa shape index (κ2) is 9.07. The van der Waals surface area contributed by atoms with E-state index < -0.39 is 0 Å². The largest absolute Gasteiger partial charge is 0.493 e. The highest BCUT2D eigenvalue weighted by Gasteiger charge is 2.17. The Bertz CT molecular complexity index is 1030.